The van der Waals surface area contributed by atoms with Crippen molar-refractivity contribution in [2.45, 2.75) is 26.2 Å². The molecule has 0 aliphatic rings. The number of carbonyl (C=O) groups is 1. The number of fused-ring (bicyclic) bond motifs is 1. The lowest BCUT2D eigenvalue weighted by Gasteiger charge is -2.14. The van der Waals surface area contributed by atoms with Gasteiger partial charge in [0.25, 0.3) is 0 Å². The summed E-state index contributed by atoms with van der Waals surface area (Å²) in [5.41, 5.74) is 1.99. The Morgan fingerprint density at radius 1 is 1.07 bits per heavy atom. The zero-order valence-electron chi connectivity index (χ0n) is 21.7. The Kier molecular flexibility index (Phi) is 7.07. The van der Waals surface area contributed by atoms with E-state index in [4.69, 9.17) is 26.7 Å². The van der Waals surface area contributed by atoms with Crippen LogP contribution < -0.4 is 15.4 Å². The van der Waals surface area contributed by atoms with Gasteiger partial charge in [-0.15, -0.1) is 0 Å². The molecule has 0 aliphatic heterocycles. The van der Waals surface area contributed by atoms with Gasteiger partial charge in [-0.2, -0.15) is 10.4 Å². The third-order valence-electron chi connectivity index (χ3n) is 5.92. The molecule has 3 heterocycles. The van der Waals surface area contributed by atoms with E-state index in [0.717, 1.165) is 28.4 Å². The lowest BCUT2D eigenvalue weighted by Crippen LogP contribution is -2.22. The maximum atomic E-state index is 14.8. The predicted molar refractivity (Wildman–Crippen MR) is 151 cm³/mol. The molecule has 2 aromatic carbocycles. The molecule has 0 saturated carbocycles. The van der Waals surface area contributed by atoms with E-state index in [1.807, 2.05) is 57.2 Å². The Labute approximate surface area is 234 Å². The molecule has 0 saturated heterocycles. The molecule has 9 nitrogen and oxygen atoms in total. The molecular weight excluding hydrogens is 533 g/mol. The highest BCUT2D eigenvalue weighted by Gasteiger charge is 2.23. The Morgan fingerprint density at radius 3 is 2.62 bits per heavy atom. The van der Waals surface area contributed by atoms with Crippen LogP contribution in [0.4, 0.5) is 20.7 Å². The van der Waals surface area contributed by atoms with Gasteiger partial charge in [-0.1, -0.05) is 38.4 Å². The van der Waals surface area contributed by atoms with E-state index < -0.39 is 11.8 Å². The molecule has 40 heavy (non-hydrogen) atoms. The first-order valence-corrected chi connectivity index (χ1v) is 12.6. The number of nitrogens with one attached hydrogen (secondary N) is 2. The number of nitriles is 1. The highest BCUT2D eigenvalue weighted by Crippen LogP contribution is 2.34. The number of benzene rings is 2. The van der Waals surface area contributed by atoms with Crippen LogP contribution in [0.1, 0.15) is 32.2 Å². The molecular formula is C29H23ClFN7O2. The van der Waals surface area contributed by atoms with Gasteiger partial charge in [0.2, 0.25) is 0 Å². The van der Waals surface area contributed by atoms with Crippen LogP contribution in [-0.2, 0) is 5.41 Å². The van der Waals surface area contributed by atoms with Gasteiger partial charge in [0.1, 0.15) is 34.9 Å². The summed E-state index contributed by atoms with van der Waals surface area (Å²) < 4.78 is 22.1. The smallest absolute Gasteiger partial charge is 0.324 e. The second kappa shape index (κ2) is 10.6. The largest absolute Gasteiger partial charge is 0.454 e. The summed E-state index contributed by atoms with van der Waals surface area (Å²) >= 11 is 6.18. The van der Waals surface area contributed by atoms with Gasteiger partial charge in [-0.3, -0.25) is 10.3 Å². The summed E-state index contributed by atoms with van der Waals surface area (Å²) in [6.07, 6.45) is 3.05. The van der Waals surface area contributed by atoms with E-state index in [9.17, 15) is 9.18 Å². The molecule has 0 unspecified atom stereocenters. The third-order valence-corrected chi connectivity index (χ3v) is 6.21. The number of nitrogens with zero attached hydrogens (tertiary/aromatic N) is 5. The SMILES string of the molecule is CC(C)(C)c1cc(NC(=O)Nc2cc(Oc3ccc(C#N)nc3)c(Cl)cc2F)n(-c2cccc3ncccc23)n1. The predicted octanol–water partition coefficient (Wildman–Crippen LogP) is 7.21. The molecule has 5 aromatic rings. The number of hydrogen-bond acceptors (Lipinski definition) is 6. The van der Waals surface area contributed by atoms with Gasteiger partial charge in [-0.05, 0) is 42.5 Å². The van der Waals surface area contributed by atoms with Crippen molar-refractivity contribution in [3.05, 3.63) is 95.3 Å². The Bertz CT molecular complexity index is 1770. The molecule has 2 amide bonds. The minimum absolute atomic E-state index is 0.00900. The molecule has 11 heteroatoms. The van der Waals surface area contributed by atoms with Gasteiger partial charge < -0.3 is 10.1 Å². The number of hydrogen-bond donors (Lipinski definition) is 2. The third kappa shape index (κ3) is 5.55. The van der Waals surface area contributed by atoms with E-state index in [1.165, 1.54) is 24.4 Å². The molecule has 0 fully saturated rings. The maximum Gasteiger partial charge on any atom is 0.324 e. The summed E-state index contributed by atoms with van der Waals surface area (Å²) in [5, 5.41) is 19.8. The lowest BCUT2D eigenvalue weighted by molar-refractivity contribution is 0.262. The monoisotopic (exact) mass is 555 g/mol. The quantitative estimate of drug-likeness (QED) is 0.236. The highest BCUT2D eigenvalue weighted by molar-refractivity contribution is 6.32. The van der Waals surface area contributed by atoms with Crippen molar-refractivity contribution in [3.63, 3.8) is 0 Å². The molecule has 0 radical (unpaired) electrons. The van der Waals surface area contributed by atoms with Gasteiger partial charge in [0.05, 0.1) is 33.8 Å². The second-order valence-corrected chi connectivity index (χ2v) is 10.3. The standard InChI is InChI=1S/C29H23ClFN7O2/c1-29(2,3)26-14-27(38(37-26)24-8-4-7-22-19(24)6-5-11-33-22)36-28(39)35-23-13-25(20(30)12-21(23)31)40-18-10-9-17(15-32)34-16-18/h4-14,16H,1-3H3,(H2,35,36,39). The van der Waals surface area contributed by atoms with E-state index in [2.05, 4.69) is 20.6 Å². The second-order valence-electron chi connectivity index (χ2n) is 9.86. The number of aromatic nitrogens is 4. The summed E-state index contributed by atoms with van der Waals surface area (Å²) in [4.78, 5) is 21.5. The molecule has 5 rings (SSSR count). The first-order valence-electron chi connectivity index (χ1n) is 12.2. The fourth-order valence-corrected chi connectivity index (χ4v) is 4.09. The van der Waals surface area contributed by atoms with E-state index >= 15 is 0 Å². The number of amides is 2. The average molecular weight is 556 g/mol. The molecule has 0 bridgehead atoms. The molecule has 2 N–H and O–H groups in total. The number of rotatable bonds is 5. The first kappa shape index (κ1) is 26.6. The highest BCUT2D eigenvalue weighted by atomic mass is 35.5. The Morgan fingerprint density at radius 2 is 1.90 bits per heavy atom. The minimum Gasteiger partial charge on any atom is -0.454 e. The number of ether oxygens (including phenoxy) is 1. The fraction of sp³-hybridized carbons (Fsp3) is 0.138. The Balaban J connectivity index is 1.44. The van der Waals surface area contributed by atoms with Crippen LogP contribution in [0.3, 0.4) is 0 Å². The van der Waals surface area contributed by atoms with Crippen molar-refractivity contribution in [2.75, 3.05) is 10.6 Å². The van der Waals surface area contributed by atoms with Crippen LogP contribution in [0.15, 0.2) is 73.1 Å². The van der Waals surface area contributed by atoms with E-state index in [-0.39, 0.29) is 33.3 Å². The number of halogens is 2. The summed E-state index contributed by atoms with van der Waals surface area (Å²) in [5.74, 6) is 0.00189. The number of carbonyl (C=O) groups excluding carboxylic acids is 1. The molecule has 0 atom stereocenters. The maximum absolute atomic E-state index is 14.8. The fourth-order valence-electron chi connectivity index (χ4n) is 3.90. The molecule has 0 aliphatic carbocycles. The van der Waals surface area contributed by atoms with Gasteiger partial charge >= 0.3 is 6.03 Å². The van der Waals surface area contributed by atoms with E-state index in [0.29, 0.717) is 5.82 Å². The van der Waals surface area contributed by atoms with Crippen LogP contribution in [0.2, 0.25) is 5.02 Å². The normalized spacial score (nSPS) is 11.2. The van der Waals surface area contributed by atoms with Crippen molar-refractivity contribution in [3.8, 4) is 23.3 Å². The average Bonchev–Trinajstić information content (AvgIpc) is 3.35. The van der Waals surface area contributed by atoms with Crippen molar-refractivity contribution >= 4 is 40.0 Å². The van der Waals surface area contributed by atoms with Crippen LogP contribution in [0, 0.1) is 17.1 Å². The number of anilines is 2. The number of pyridine rings is 2. The van der Waals surface area contributed by atoms with Crippen LogP contribution >= 0.6 is 11.6 Å². The molecule has 0 spiro atoms. The zero-order valence-corrected chi connectivity index (χ0v) is 22.5. The summed E-state index contributed by atoms with van der Waals surface area (Å²) in [6.45, 7) is 6.05. The van der Waals surface area contributed by atoms with Gasteiger partial charge in [0.15, 0.2) is 0 Å². The summed E-state index contributed by atoms with van der Waals surface area (Å²) in [6, 6.07) is 17.7. The van der Waals surface area contributed by atoms with Crippen LogP contribution in [0.5, 0.6) is 11.5 Å². The number of urea groups is 1. The van der Waals surface area contributed by atoms with Crippen molar-refractivity contribution in [1.29, 1.82) is 5.26 Å². The van der Waals surface area contributed by atoms with Crippen LogP contribution in [-0.4, -0.2) is 25.8 Å². The topological polar surface area (TPSA) is 118 Å². The van der Waals surface area contributed by atoms with Crippen molar-refractivity contribution in [2.24, 2.45) is 0 Å². The van der Waals surface area contributed by atoms with E-state index in [1.54, 1.807) is 16.9 Å². The Hall–Kier alpha value is -5.01. The van der Waals surface area contributed by atoms with Crippen LogP contribution in [0.25, 0.3) is 16.6 Å². The van der Waals surface area contributed by atoms with Gasteiger partial charge in [0, 0.05) is 29.1 Å². The molecule has 3 aromatic heterocycles. The van der Waals surface area contributed by atoms with Crippen molar-refractivity contribution in [1.82, 2.24) is 19.7 Å². The van der Waals surface area contributed by atoms with Gasteiger partial charge in [-0.25, -0.2) is 18.9 Å². The minimum atomic E-state index is -0.755. The summed E-state index contributed by atoms with van der Waals surface area (Å²) in [7, 11) is 0. The zero-order chi connectivity index (χ0) is 28.4. The molecule has 200 valence electrons. The lowest BCUT2D eigenvalue weighted by atomic mass is 9.92. The first-order chi connectivity index (χ1) is 19.1. The van der Waals surface area contributed by atoms with Crippen molar-refractivity contribution < 1.29 is 13.9 Å².